The molecule has 0 saturated carbocycles. The summed E-state index contributed by atoms with van der Waals surface area (Å²) in [4.78, 5) is 11.6. The number of aromatic nitrogens is 1. The van der Waals surface area contributed by atoms with Gasteiger partial charge in [0, 0.05) is 23.7 Å². The molecule has 0 atom stereocenters. The van der Waals surface area contributed by atoms with E-state index in [0.717, 1.165) is 16.6 Å². The van der Waals surface area contributed by atoms with Crippen molar-refractivity contribution >= 4 is 16.6 Å². The van der Waals surface area contributed by atoms with E-state index < -0.39 is 0 Å². The average molecular weight is 226 g/mol. The van der Waals surface area contributed by atoms with Gasteiger partial charge in [-0.3, -0.25) is 4.79 Å². The number of terminal acetylenes is 1. The number of hydrogen-bond acceptors (Lipinski definition) is 2. The lowest BCUT2D eigenvalue weighted by atomic mass is 10.2. The molecule has 0 fully saturated rings. The number of anilines is 1. The van der Waals surface area contributed by atoms with Gasteiger partial charge in [-0.15, -0.1) is 6.42 Å². The summed E-state index contributed by atoms with van der Waals surface area (Å²) in [5.41, 5.74) is 1.95. The zero-order chi connectivity index (χ0) is 12.3. The summed E-state index contributed by atoms with van der Waals surface area (Å²) in [7, 11) is 0. The van der Waals surface area contributed by atoms with Crippen LogP contribution in [-0.2, 0) is 6.54 Å². The number of aryl methyl sites for hydroxylation is 1. The predicted molar refractivity (Wildman–Crippen MR) is 71.2 cm³/mol. The molecule has 2 rings (SSSR count). The van der Waals surface area contributed by atoms with Crippen LogP contribution in [0, 0.1) is 12.3 Å². The average Bonchev–Trinajstić information content (AvgIpc) is 2.36. The number of nitrogens with zero attached hydrogens (tertiary/aromatic N) is 1. The van der Waals surface area contributed by atoms with E-state index in [2.05, 4.69) is 11.2 Å². The topological polar surface area (TPSA) is 34.0 Å². The molecule has 0 amide bonds. The first-order chi connectivity index (χ1) is 8.26. The lowest BCUT2D eigenvalue weighted by molar-refractivity contribution is 0.760. The Morgan fingerprint density at radius 1 is 1.35 bits per heavy atom. The Balaban J connectivity index is 2.54. The lowest BCUT2D eigenvalue weighted by Crippen LogP contribution is -2.17. The summed E-state index contributed by atoms with van der Waals surface area (Å²) in [5, 5.41) is 4.15. The van der Waals surface area contributed by atoms with Crippen LogP contribution < -0.4 is 10.9 Å². The standard InChI is InChI=1S/C14H14N2O/c1-3-9-15-12-6-7-13-11(10-12)5-8-14(17)16(13)4-2/h1,5-8,10,15H,4,9H2,2H3. The summed E-state index contributed by atoms with van der Waals surface area (Å²) in [6, 6.07) is 9.31. The Morgan fingerprint density at radius 2 is 2.18 bits per heavy atom. The van der Waals surface area contributed by atoms with Crippen LogP contribution in [0.25, 0.3) is 10.9 Å². The molecule has 2 aromatic rings. The molecule has 0 aliphatic heterocycles. The number of pyridine rings is 1. The summed E-state index contributed by atoms with van der Waals surface area (Å²) < 4.78 is 1.75. The van der Waals surface area contributed by atoms with Gasteiger partial charge in [-0.1, -0.05) is 5.92 Å². The Labute approximate surface area is 100 Å². The monoisotopic (exact) mass is 226 g/mol. The second kappa shape index (κ2) is 4.75. The van der Waals surface area contributed by atoms with E-state index in [9.17, 15) is 4.79 Å². The molecule has 0 spiro atoms. The van der Waals surface area contributed by atoms with Gasteiger partial charge in [-0.05, 0) is 31.2 Å². The fourth-order valence-electron chi connectivity index (χ4n) is 1.89. The van der Waals surface area contributed by atoms with E-state index in [-0.39, 0.29) is 5.56 Å². The van der Waals surface area contributed by atoms with Crippen LogP contribution in [0.2, 0.25) is 0 Å². The lowest BCUT2D eigenvalue weighted by Gasteiger charge is -2.09. The minimum absolute atomic E-state index is 0.0318. The molecule has 0 aliphatic rings. The van der Waals surface area contributed by atoms with Crippen molar-refractivity contribution in [1.29, 1.82) is 0 Å². The molecule has 0 bridgehead atoms. The van der Waals surface area contributed by atoms with Crippen LogP contribution in [0.15, 0.2) is 35.1 Å². The van der Waals surface area contributed by atoms with Gasteiger partial charge >= 0.3 is 0 Å². The molecule has 0 saturated heterocycles. The van der Waals surface area contributed by atoms with Gasteiger partial charge < -0.3 is 9.88 Å². The number of hydrogen-bond donors (Lipinski definition) is 1. The molecule has 3 heteroatoms. The Hall–Kier alpha value is -2.21. The fraction of sp³-hybridized carbons (Fsp3) is 0.214. The van der Waals surface area contributed by atoms with E-state index in [0.29, 0.717) is 13.1 Å². The maximum Gasteiger partial charge on any atom is 0.250 e. The molecule has 1 aromatic heterocycles. The van der Waals surface area contributed by atoms with Gasteiger partial charge in [-0.25, -0.2) is 0 Å². The van der Waals surface area contributed by atoms with Gasteiger partial charge in [0.15, 0.2) is 0 Å². The smallest absolute Gasteiger partial charge is 0.250 e. The maximum atomic E-state index is 11.6. The van der Waals surface area contributed by atoms with Crippen molar-refractivity contribution in [3.63, 3.8) is 0 Å². The molecule has 17 heavy (non-hydrogen) atoms. The molecular weight excluding hydrogens is 212 g/mol. The molecule has 86 valence electrons. The SMILES string of the molecule is C#CCNc1ccc2c(ccc(=O)n2CC)c1. The molecule has 3 nitrogen and oxygen atoms in total. The zero-order valence-corrected chi connectivity index (χ0v) is 9.73. The molecule has 1 heterocycles. The van der Waals surface area contributed by atoms with Gasteiger partial charge in [0.2, 0.25) is 0 Å². The summed E-state index contributed by atoms with van der Waals surface area (Å²) in [5.74, 6) is 2.53. The van der Waals surface area contributed by atoms with E-state index in [1.807, 2.05) is 31.2 Å². The van der Waals surface area contributed by atoms with E-state index in [4.69, 9.17) is 6.42 Å². The number of benzene rings is 1. The third-order valence-electron chi connectivity index (χ3n) is 2.70. The molecule has 0 unspecified atom stereocenters. The second-order valence-corrected chi connectivity index (χ2v) is 3.75. The van der Waals surface area contributed by atoms with E-state index in [1.165, 1.54) is 0 Å². The molecule has 0 radical (unpaired) electrons. The van der Waals surface area contributed by atoms with Gasteiger partial charge in [-0.2, -0.15) is 0 Å². The quantitative estimate of drug-likeness (QED) is 0.813. The van der Waals surface area contributed by atoms with Crippen LogP contribution in [0.3, 0.4) is 0 Å². The molecule has 1 aromatic carbocycles. The first-order valence-corrected chi connectivity index (χ1v) is 5.57. The van der Waals surface area contributed by atoms with Crippen LogP contribution in [0.1, 0.15) is 6.92 Å². The Bertz CT molecular complexity index is 635. The molecular formula is C14H14N2O. The number of fused-ring (bicyclic) bond motifs is 1. The van der Waals surface area contributed by atoms with Crippen molar-refractivity contribution in [2.75, 3.05) is 11.9 Å². The normalized spacial score (nSPS) is 10.1. The Morgan fingerprint density at radius 3 is 2.88 bits per heavy atom. The van der Waals surface area contributed by atoms with Crippen molar-refractivity contribution in [1.82, 2.24) is 4.57 Å². The third-order valence-corrected chi connectivity index (χ3v) is 2.70. The first kappa shape index (κ1) is 11.3. The molecule has 0 aliphatic carbocycles. The summed E-state index contributed by atoms with van der Waals surface area (Å²) in [6.45, 7) is 3.14. The van der Waals surface area contributed by atoms with Gasteiger partial charge in [0.1, 0.15) is 0 Å². The third kappa shape index (κ3) is 2.16. The van der Waals surface area contributed by atoms with Crippen molar-refractivity contribution in [3.05, 3.63) is 40.7 Å². The predicted octanol–water partition coefficient (Wildman–Crippen LogP) is 2.07. The van der Waals surface area contributed by atoms with Crippen molar-refractivity contribution in [2.24, 2.45) is 0 Å². The van der Waals surface area contributed by atoms with Gasteiger partial charge in [0.25, 0.3) is 5.56 Å². The minimum Gasteiger partial charge on any atom is -0.374 e. The fourth-order valence-corrected chi connectivity index (χ4v) is 1.89. The second-order valence-electron chi connectivity index (χ2n) is 3.75. The van der Waals surface area contributed by atoms with Crippen LogP contribution >= 0.6 is 0 Å². The van der Waals surface area contributed by atoms with Crippen LogP contribution in [0.4, 0.5) is 5.69 Å². The highest BCUT2D eigenvalue weighted by Crippen LogP contribution is 2.17. The first-order valence-electron chi connectivity index (χ1n) is 5.57. The maximum absolute atomic E-state index is 11.6. The summed E-state index contributed by atoms with van der Waals surface area (Å²) in [6.07, 6.45) is 5.20. The van der Waals surface area contributed by atoms with Crippen molar-refractivity contribution in [2.45, 2.75) is 13.5 Å². The van der Waals surface area contributed by atoms with Crippen molar-refractivity contribution in [3.8, 4) is 12.3 Å². The Kier molecular flexibility index (Phi) is 3.15. The van der Waals surface area contributed by atoms with E-state index in [1.54, 1.807) is 10.6 Å². The zero-order valence-electron chi connectivity index (χ0n) is 9.73. The minimum atomic E-state index is 0.0318. The van der Waals surface area contributed by atoms with Crippen LogP contribution in [-0.4, -0.2) is 11.1 Å². The highest BCUT2D eigenvalue weighted by molar-refractivity contribution is 5.82. The highest BCUT2D eigenvalue weighted by atomic mass is 16.1. The van der Waals surface area contributed by atoms with Crippen molar-refractivity contribution < 1.29 is 0 Å². The largest absolute Gasteiger partial charge is 0.374 e. The van der Waals surface area contributed by atoms with E-state index >= 15 is 0 Å². The van der Waals surface area contributed by atoms with Gasteiger partial charge in [0.05, 0.1) is 12.1 Å². The number of nitrogens with one attached hydrogen (secondary N) is 1. The highest BCUT2D eigenvalue weighted by Gasteiger charge is 2.01. The summed E-state index contributed by atoms with van der Waals surface area (Å²) >= 11 is 0. The van der Waals surface area contributed by atoms with Crippen LogP contribution in [0.5, 0.6) is 0 Å². The molecule has 1 N–H and O–H groups in total. The number of rotatable bonds is 3.